The topological polar surface area (TPSA) is 73.9 Å². The molecule has 2 N–H and O–H groups in total. The Bertz CT molecular complexity index is 748. The van der Waals surface area contributed by atoms with Gasteiger partial charge in [-0.15, -0.1) is 0 Å². The summed E-state index contributed by atoms with van der Waals surface area (Å²) >= 11 is 3.38. The van der Waals surface area contributed by atoms with Crippen LogP contribution in [0.25, 0.3) is 11.2 Å². The summed E-state index contributed by atoms with van der Waals surface area (Å²) in [5, 5.41) is 0. The van der Waals surface area contributed by atoms with Crippen LogP contribution in [-0.4, -0.2) is 15.0 Å². The van der Waals surface area contributed by atoms with Gasteiger partial charge in [0.05, 0.1) is 4.47 Å². The standard InChI is InChI=1S/C13H9BrN4O/c14-12-8(15)2-1-3-10(12)19-11-5-4-9-13(18-11)17-7-6-16-9/h1-7H,15H2. The number of fused-ring (bicyclic) bond motifs is 1. The molecule has 94 valence electrons. The summed E-state index contributed by atoms with van der Waals surface area (Å²) in [6.45, 7) is 0. The number of pyridine rings is 1. The zero-order chi connectivity index (χ0) is 13.2. The maximum atomic E-state index is 5.80. The van der Waals surface area contributed by atoms with E-state index in [9.17, 15) is 0 Å². The molecule has 5 nitrogen and oxygen atoms in total. The molecule has 0 spiro atoms. The first-order valence-electron chi connectivity index (χ1n) is 5.53. The molecule has 0 radical (unpaired) electrons. The van der Waals surface area contributed by atoms with Crippen LogP contribution in [-0.2, 0) is 0 Å². The van der Waals surface area contributed by atoms with E-state index in [1.165, 1.54) is 0 Å². The van der Waals surface area contributed by atoms with Crippen molar-refractivity contribution in [3.8, 4) is 11.6 Å². The van der Waals surface area contributed by atoms with Crippen molar-refractivity contribution in [2.45, 2.75) is 0 Å². The molecule has 0 fully saturated rings. The third-order valence-electron chi connectivity index (χ3n) is 2.51. The third-order valence-corrected chi connectivity index (χ3v) is 3.36. The van der Waals surface area contributed by atoms with Gasteiger partial charge in [0.15, 0.2) is 5.65 Å². The van der Waals surface area contributed by atoms with Crippen molar-refractivity contribution in [1.29, 1.82) is 0 Å². The zero-order valence-corrected chi connectivity index (χ0v) is 11.3. The number of nitrogens with zero attached hydrogens (tertiary/aromatic N) is 3. The van der Waals surface area contributed by atoms with Gasteiger partial charge in [0.1, 0.15) is 11.3 Å². The molecule has 2 aromatic heterocycles. The van der Waals surface area contributed by atoms with Crippen LogP contribution in [0.1, 0.15) is 0 Å². The van der Waals surface area contributed by atoms with E-state index >= 15 is 0 Å². The first-order chi connectivity index (χ1) is 9.24. The van der Waals surface area contributed by atoms with Gasteiger partial charge in [-0.3, -0.25) is 4.98 Å². The molecule has 1 aromatic carbocycles. The largest absolute Gasteiger partial charge is 0.438 e. The highest BCUT2D eigenvalue weighted by atomic mass is 79.9. The highest BCUT2D eigenvalue weighted by Gasteiger charge is 2.07. The number of nitrogens with two attached hydrogens (primary N) is 1. The molecule has 2 heterocycles. The summed E-state index contributed by atoms with van der Waals surface area (Å²) in [6, 6.07) is 8.97. The second-order valence-electron chi connectivity index (χ2n) is 3.81. The first-order valence-corrected chi connectivity index (χ1v) is 6.33. The molecular formula is C13H9BrN4O. The van der Waals surface area contributed by atoms with E-state index < -0.39 is 0 Å². The number of ether oxygens (including phenoxy) is 1. The van der Waals surface area contributed by atoms with Gasteiger partial charge in [-0.2, -0.15) is 4.98 Å². The number of nitrogen functional groups attached to an aromatic ring is 1. The average molecular weight is 317 g/mol. The minimum atomic E-state index is 0.444. The Morgan fingerprint density at radius 1 is 1.05 bits per heavy atom. The van der Waals surface area contributed by atoms with E-state index in [0.717, 1.165) is 5.52 Å². The smallest absolute Gasteiger partial charge is 0.221 e. The maximum absolute atomic E-state index is 5.80. The summed E-state index contributed by atoms with van der Waals surface area (Å²) in [5.74, 6) is 1.05. The minimum Gasteiger partial charge on any atom is -0.438 e. The predicted octanol–water partition coefficient (Wildman–Crippen LogP) is 3.16. The SMILES string of the molecule is Nc1cccc(Oc2ccc3nccnc3n2)c1Br. The van der Waals surface area contributed by atoms with Crippen LogP contribution in [0.15, 0.2) is 47.2 Å². The molecule has 0 aliphatic rings. The number of benzene rings is 1. The Labute approximate surface area is 117 Å². The summed E-state index contributed by atoms with van der Waals surface area (Å²) < 4.78 is 6.40. The molecule has 0 amide bonds. The van der Waals surface area contributed by atoms with Crippen LogP contribution in [0.5, 0.6) is 11.6 Å². The first kappa shape index (κ1) is 11.9. The number of rotatable bonds is 2. The Hall–Kier alpha value is -2.21. The number of hydrogen-bond donors (Lipinski definition) is 1. The lowest BCUT2D eigenvalue weighted by Crippen LogP contribution is -1.94. The fourth-order valence-corrected chi connectivity index (χ4v) is 1.96. The Morgan fingerprint density at radius 3 is 2.79 bits per heavy atom. The number of anilines is 1. The third kappa shape index (κ3) is 2.34. The molecular weight excluding hydrogens is 308 g/mol. The highest BCUT2D eigenvalue weighted by molar-refractivity contribution is 9.10. The Kier molecular flexibility index (Phi) is 3.00. The van der Waals surface area contributed by atoms with Gasteiger partial charge in [0.25, 0.3) is 0 Å². The van der Waals surface area contributed by atoms with Gasteiger partial charge < -0.3 is 10.5 Å². The van der Waals surface area contributed by atoms with Crippen LogP contribution < -0.4 is 10.5 Å². The van der Waals surface area contributed by atoms with E-state index in [2.05, 4.69) is 30.9 Å². The van der Waals surface area contributed by atoms with E-state index in [0.29, 0.717) is 27.4 Å². The molecule has 6 heteroatoms. The van der Waals surface area contributed by atoms with Gasteiger partial charge in [-0.25, -0.2) is 4.98 Å². The lowest BCUT2D eigenvalue weighted by molar-refractivity contribution is 0.462. The minimum absolute atomic E-state index is 0.444. The van der Waals surface area contributed by atoms with Crippen LogP contribution in [0, 0.1) is 0 Å². The van der Waals surface area contributed by atoms with Crippen LogP contribution in [0.4, 0.5) is 5.69 Å². The average Bonchev–Trinajstić information content (AvgIpc) is 2.44. The van der Waals surface area contributed by atoms with E-state index in [4.69, 9.17) is 10.5 Å². The molecule has 3 rings (SSSR count). The molecule has 0 aliphatic heterocycles. The Balaban J connectivity index is 1.99. The van der Waals surface area contributed by atoms with Crippen LogP contribution >= 0.6 is 15.9 Å². The van der Waals surface area contributed by atoms with Gasteiger partial charge in [-0.05, 0) is 34.1 Å². The molecule has 0 bridgehead atoms. The molecule has 19 heavy (non-hydrogen) atoms. The van der Waals surface area contributed by atoms with Gasteiger partial charge in [0.2, 0.25) is 5.88 Å². The Morgan fingerprint density at radius 2 is 1.89 bits per heavy atom. The second kappa shape index (κ2) is 4.81. The molecule has 0 saturated heterocycles. The summed E-state index contributed by atoms with van der Waals surface area (Å²) in [6.07, 6.45) is 3.22. The van der Waals surface area contributed by atoms with Gasteiger partial charge in [-0.1, -0.05) is 6.07 Å². The monoisotopic (exact) mass is 316 g/mol. The lowest BCUT2D eigenvalue weighted by Gasteiger charge is -2.08. The lowest BCUT2D eigenvalue weighted by atomic mass is 10.3. The van der Waals surface area contributed by atoms with E-state index in [1.807, 2.05) is 18.2 Å². The van der Waals surface area contributed by atoms with Crippen molar-refractivity contribution in [3.63, 3.8) is 0 Å². The predicted molar refractivity (Wildman–Crippen MR) is 76.0 cm³/mol. The summed E-state index contributed by atoms with van der Waals surface area (Å²) in [5.41, 5.74) is 7.67. The van der Waals surface area contributed by atoms with Crippen molar-refractivity contribution in [3.05, 3.63) is 47.2 Å². The van der Waals surface area contributed by atoms with Crippen molar-refractivity contribution in [2.24, 2.45) is 0 Å². The van der Waals surface area contributed by atoms with Gasteiger partial charge in [0, 0.05) is 24.1 Å². The fraction of sp³-hybridized carbons (Fsp3) is 0. The molecule has 3 aromatic rings. The molecule has 0 aliphatic carbocycles. The maximum Gasteiger partial charge on any atom is 0.221 e. The van der Waals surface area contributed by atoms with Crippen molar-refractivity contribution >= 4 is 32.8 Å². The van der Waals surface area contributed by atoms with Crippen molar-refractivity contribution < 1.29 is 4.74 Å². The summed E-state index contributed by atoms with van der Waals surface area (Å²) in [7, 11) is 0. The number of aromatic nitrogens is 3. The van der Waals surface area contributed by atoms with E-state index in [-0.39, 0.29) is 0 Å². The van der Waals surface area contributed by atoms with Gasteiger partial charge >= 0.3 is 0 Å². The highest BCUT2D eigenvalue weighted by Crippen LogP contribution is 2.33. The molecule has 0 unspecified atom stereocenters. The molecule has 0 saturated carbocycles. The van der Waals surface area contributed by atoms with Crippen molar-refractivity contribution in [1.82, 2.24) is 15.0 Å². The van der Waals surface area contributed by atoms with Crippen LogP contribution in [0.2, 0.25) is 0 Å². The van der Waals surface area contributed by atoms with Crippen molar-refractivity contribution in [2.75, 3.05) is 5.73 Å². The quantitative estimate of drug-likeness (QED) is 0.735. The fourth-order valence-electron chi connectivity index (χ4n) is 1.61. The normalized spacial score (nSPS) is 10.6. The molecule has 0 atom stereocenters. The van der Waals surface area contributed by atoms with E-state index in [1.54, 1.807) is 24.5 Å². The number of halogens is 1. The second-order valence-corrected chi connectivity index (χ2v) is 4.60. The summed E-state index contributed by atoms with van der Waals surface area (Å²) in [4.78, 5) is 12.6. The zero-order valence-electron chi connectivity index (χ0n) is 9.75. The van der Waals surface area contributed by atoms with Crippen LogP contribution in [0.3, 0.4) is 0 Å². The number of hydrogen-bond acceptors (Lipinski definition) is 5.